The number of carbonyl (C=O) groups excluding carboxylic acids is 1. The van der Waals surface area contributed by atoms with E-state index < -0.39 is 0 Å². The molecule has 20 heavy (non-hydrogen) atoms. The van der Waals surface area contributed by atoms with Crippen LogP contribution in [0.3, 0.4) is 0 Å². The fourth-order valence-electron chi connectivity index (χ4n) is 3.46. The average Bonchev–Trinajstić information content (AvgIpc) is 2.66. The Balaban J connectivity index is 1.79. The maximum Gasteiger partial charge on any atom is 0.222 e. The van der Waals surface area contributed by atoms with E-state index in [1.807, 2.05) is 0 Å². The summed E-state index contributed by atoms with van der Waals surface area (Å²) >= 11 is 0. The van der Waals surface area contributed by atoms with Crippen LogP contribution in [0.5, 0.6) is 0 Å². The lowest BCUT2D eigenvalue weighted by molar-refractivity contribution is -0.132. The highest BCUT2D eigenvalue weighted by Gasteiger charge is 2.26. The minimum atomic E-state index is 0.392. The molecule has 1 saturated heterocycles. The first kappa shape index (κ1) is 15.8. The third-order valence-corrected chi connectivity index (χ3v) is 5.06. The third kappa shape index (κ3) is 4.19. The molecule has 0 aromatic rings. The van der Waals surface area contributed by atoms with E-state index in [2.05, 4.69) is 16.7 Å². The zero-order valence-electron chi connectivity index (χ0n) is 13.0. The van der Waals surface area contributed by atoms with Gasteiger partial charge in [-0.3, -0.25) is 9.69 Å². The standard InChI is InChI=1S/C16H31N3O/c1-2-15(7-8-17)18-9-4-10-19(12-11-18)16(20)13-14-5-3-6-14/h14-15H,2-13,17H2,1H3. The third-order valence-electron chi connectivity index (χ3n) is 5.06. The summed E-state index contributed by atoms with van der Waals surface area (Å²) in [5, 5.41) is 0. The van der Waals surface area contributed by atoms with Crippen molar-refractivity contribution in [2.45, 2.75) is 57.9 Å². The molecule has 2 N–H and O–H groups in total. The second-order valence-electron chi connectivity index (χ2n) is 6.41. The minimum absolute atomic E-state index is 0.392. The van der Waals surface area contributed by atoms with E-state index in [0.29, 0.717) is 17.9 Å². The second kappa shape index (κ2) is 7.99. The van der Waals surface area contributed by atoms with E-state index in [9.17, 15) is 4.79 Å². The summed E-state index contributed by atoms with van der Waals surface area (Å²) in [4.78, 5) is 17.0. The number of nitrogens with zero attached hydrogens (tertiary/aromatic N) is 2. The van der Waals surface area contributed by atoms with Crippen LogP contribution in [-0.2, 0) is 4.79 Å². The van der Waals surface area contributed by atoms with Gasteiger partial charge in [-0.1, -0.05) is 13.3 Å². The van der Waals surface area contributed by atoms with Gasteiger partial charge in [-0.15, -0.1) is 0 Å². The molecule has 0 radical (unpaired) electrons. The van der Waals surface area contributed by atoms with Gasteiger partial charge < -0.3 is 10.6 Å². The molecule has 1 unspecified atom stereocenters. The molecule has 1 aliphatic heterocycles. The Morgan fingerprint density at radius 2 is 2.00 bits per heavy atom. The molecule has 0 aromatic heterocycles. The lowest BCUT2D eigenvalue weighted by atomic mass is 9.82. The fraction of sp³-hybridized carbons (Fsp3) is 0.938. The first-order valence-electron chi connectivity index (χ1n) is 8.46. The smallest absolute Gasteiger partial charge is 0.222 e. The van der Waals surface area contributed by atoms with Gasteiger partial charge in [-0.25, -0.2) is 0 Å². The molecule has 4 nitrogen and oxygen atoms in total. The molecule has 1 amide bonds. The molecule has 4 heteroatoms. The number of hydrogen-bond acceptors (Lipinski definition) is 3. The van der Waals surface area contributed by atoms with Gasteiger partial charge in [0, 0.05) is 38.6 Å². The number of rotatable bonds is 6. The predicted octanol–water partition coefficient (Wildman–Crippen LogP) is 1.84. The van der Waals surface area contributed by atoms with Crippen molar-refractivity contribution in [1.82, 2.24) is 9.80 Å². The lowest BCUT2D eigenvalue weighted by Crippen LogP contribution is -2.40. The Morgan fingerprint density at radius 3 is 2.60 bits per heavy atom. The highest BCUT2D eigenvalue weighted by Crippen LogP contribution is 2.30. The summed E-state index contributed by atoms with van der Waals surface area (Å²) in [5.74, 6) is 1.07. The topological polar surface area (TPSA) is 49.6 Å². The number of hydrogen-bond donors (Lipinski definition) is 1. The molecule has 1 saturated carbocycles. The zero-order valence-corrected chi connectivity index (χ0v) is 13.0. The normalized spacial score (nSPS) is 23.2. The van der Waals surface area contributed by atoms with Crippen molar-refractivity contribution in [3.63, 3.8) is 0 Å². The highest BCUT2D eigenvalue weighted by atomic mass is 16.2. The van der Waals surface area contributed by atoms with Crippen LogP contribution < -0.4 is 5.73 Å². The Morgan fingerprint density at radius 1 is 1.20 bits per heavy atom. The predicted molar refractivity (Wildman–Crippen MR) is 82.5 cm³/mol. The Hall–Kier alpha value is -0.610. The van der Waals surface area contributed by atoms with Gasteiger partial charge in [0.2, 0.25) is 5.91 Å². The molecular formula is C16H31N3O. The van der Waals surface area contributed by atoms with Crippen molar-refractivity contribution in [1.29, 1.82) is 0 Å². The maximum atomic E-state index is 12.3. The van der Waals surface area contributed by atoms with Crippen molar-refractivity contribution < 1.29 is 4.79 Å². The molecule has 1 heterocycles. The fourth-order valence-corrected chi connectivity index (χ4v) is 3.46. The first-order valence-corrected chi connectivity index (χ1v) is 8.46. The number of amides is 1. The van der Waals surface area contributed by atoms with Crippen LogP contribution in [0.15, 0.2) is 0 Å². The van der Waals surface area contributed by atoms with Gasteiger partial charge in [-0.05, 0) is 44.6 Å². The van der Waals surface area contributed by atoms with Crippen molar-refractivity contribution in [3.05, 3.63) is 0 Å². The molecule has 2 fully saturated rings. The van der Waals surface area contributed by atoms with Gasteiger partial charge >= 0.3 is 0 Å². The van der Waals surface area contributed by atoms with Gasteiger partial charge in [0.25, 0.3) is 0 Å². The van der Waals surface area contributed by atoms with Gasteiger partial charge in [-0.2, -0.15) is 0 Å². The lowest BCUT2D eigenvalue weighted by Gasteiger charge is -2.30. The molecular weight excluding hydrogens is 250 g/mol. The SMILES string of the molecule is CCC(CCN)N1CCCN(C(=O)CC2CCC2)CC1. The van der Waals surface area contributed by atoms with E-state index >= 15 is 0 Å². The summed E-state index contributed by atoms with van der Waals surface area (Å²) in [6.07, 6.45) is 7.99. The maximum absolute atomic E-state index is 12.3. The molecule has 0 aromatic carbocycles. The van der Waals surface area contributed by atoms with Gasteiger partial charge in [0.05, 0.1) is 0 Å². The van der Waals surface area contributed by atoms with Crippen LogP contribution in [0.25, 0.3) is 0 Å². The van der Waals surface area contributed by atoms with E-state index in [1.165, 1.54) is 19.3 Å². The van der Waals surface area contributed by atoms with Crippen LogP contribution in [0.1, 0.15) is 51.9 Å². The molecule has 116 valence electrons. The van der Waals surface area contributed by atoms with Crippen LogP contribution in [0, 0.1) is 5.92 Å². The largest absolute Gasteiger partial charge is 0.341 e. The van der Waals surface area contributed by atoms with E-state index in [0.717, 1.165) is 58.4 Å². The summed E-state index contributed by atoms with van der Waals surface area (Å²) in [5.41, 5.74) is 5.71. The second-order valence-corrected chi connectivity index (χ2v) is 6.41. The molecule has 1 aliphatic carbocycles. The van der Waals surface area contributed by atoms with Crippen LogP contribution >= 0.6 is 0 Å². The Bertz CT molecular complexity index is 304. The molecule has 1 atom stereocenters. The number of carbonyl (C=O) groups is 1. The van der Waals surface area contributed by atoms with Gasteiger partial charge in [0.15, 0.2) is 0 Å². The van der Waals surface area contributed by atoms with E-state index in [4.69, 9.17) is 5.73 Å². The molecule has 0 bridgehead atoms. The van der Waals surface area contributed by atoms with Crippen LogP contribution in [-0.4, -0.2) is 54.5 Å². The van der Waals surface area contributed by atoms with Crippen LogP contribution in [0.4, 0.5) is 0 Å². The zero-order chi connectivity index (χ0) is 14.4. The average molecular weight is 281 g/mol. The quantitative estimate of drug-likeness (QED) is 0.808. The minimum Gasteiger partial charge on any atom is -0.341 e. The first-order chi connectivity index (χ1) is 9.74. The number of nitrogens with two attached hydrogens (primary N) is 1. The molecule has 2 rings (SSSR count). The molecule has 2 aliphatic rings. The van der Waals surface area contributed by atoms with Gasteiger partial charge in [0.1, 0.15) is 0 Å². The van der Waals surface area contributed by atoms with Crippen molar-refractivity contribution in [2.75, 3.05) is 32.7 Å². The van der Waals surface area contributed by atoms with Crippen LogP contribution in [0.2, 0.25) is 0 Å². The Labute approximate surface area is 123 Å². The van der Waals surface area contributed by atoms with Crippen molar-refractivity contribution in [2.24, 2.45) is 11.7 Å². The summed E-state index contributed by atoms with van der Waals surface area (Å²) in [7, 11) is 0. The highest BCUT2D eigenvalue weighted by molar-refractivity contribution is 5.76. The summed E-state index contributed by atoms with van der Waals surface area (Å²) in [6, 6.07) is 0.599. The summed E-state index contributed by atoms with van der Waals surface area (Å²) < 4.78 is 0. The van der Waals surface area contributed by atoms with E-state index in [1.54, 1.807) is 0 Å². The Kier molecular flexibility index (Phi) is 6.30. The van der Waals surface area contributed by atoms with E-state index in [-0.39, 0.29) is 0 Å². The molecule has 0 spiro atoms. The summed E-state index contributed by atoms with van der Waals surface area (Å²) in [6.45, 7) is 7.00. The monoisotopic (exact) mass is 281 g/mol. The van der Waals surface area contributed by atoms with Crippen molar-refractivity contribution in [3.8, 4) is 0 Å². The van der Waals surface area contributed by atoms with Crippen molar-refractivity contribution >= 4 is 5.91 Å².